The molecule has 7 heteroatoms. The summed E-state index contributed by atoms with van der Waals surface area (Å²) in [7, 11) is 0. The molecule has 23 heavy (non-hydrogen) atoms. The van der Waals surface area contributed by atoms with Crippen molar-refractivity contribution < 1.29 is 9.78 Å². The smallest absolute Gasteiger partial charge is 0.289 e. The van der Waals surface area contributed by atoms with E-state index in [0.717, 1.165) is 5.56 Å². The number of H-pyrrole nitrogens is 1. The summed E-state index contributed by atoms with van der Waals surface area (Å²) in [5.74, 6) is -0.0372. The summed E-state index contributed by atoms with van der Waals surface area (Å²) >= 11 is 1.21. The zero-order valence-electron chi connectivity index (χ0n) is 12.3. The highest BCUT2D eigenvalue weighted by molar-refractivity contribution is 7.20. The maximum Gasteiger partial charge on any atom is 0.289 e. The van der Waals surface area contributed by atoms with E-state index >= 15 is 0 Å². The average Bonchev–Trinajstić information content (AvgIpc) is 2.85. The molecule has 0 spiro atoms. The first-order valence-corrected chi connectivity index (χ1v) is 7.63. The zero-order valence-corrected chi connectivity index (χ0v) is 13.1. The number of amides is 1. The molecule has 6 nitrogen and oxygen atoms in total. The highest BCUT2D eigenvalue weighted by Gasteiger charge is 2.20. The summed E-state index contributed by atoms with van der Waals surface area (Å²) in [6.45, 7) is 1.97. The van der Waals surface area contributed by atoms with Gasteiger partial charge in [-0.05, 0) is 25.1 Å². The molecule has 1 aromatic carbocycles. The quantitative estimate of drug-likeness (QED) is 0.670. The maximum atomic E-state index is 12.4. The first-order valence-electron chi connectivity index (χ1n) is 6.81. The van der Waals surface area contributed by atoms with E-state index in [1.165, 1.54) is 11.3 Å². The number of benzene rings is 1. The lowest BCUT2D eigenvalue weighted by Crippen LogP contribution is -2.12. The van der Waals surface area contributed by atoms with Crippen LogP contribution in [0, 0.1) is 18.3 Å². The molecule has 6 N–H and O–H groups in total. The number of anilines is 3. The second-order valence-electron chi connectivity index (χ2n) is 5.12. The fourth-order valence-corrected chi connectivity index (χ4v) is 3.20. The lowest BCUT2D eigenvalue weighted by molar-refractivity contribution is -0.323. The molecule has 0 aliphatic rings. The van der Waals surface area contributed by atoms with Crippen LogP contribution >= 0.6 is 11.3 Å². The maximum absolute atomic E-state index is 12.4. The zero-order chi connectivity index (χ0) is 16.6. The fraction of sp³-hybridized carbons (Fsp3) is 0.0625. The largest absolute Gasteiger partial charge is 0.397 e. The molecule has 0 aliphatic carbocycles. The Kier molecular flexibility index (Phi) is 3.60. The topological polar surface area (TPSA) is 119 Å². The summed E-state index contributed by atoms with van der Waals surface area (Å²) < 4.78 is 0. The van der Waals surface area contributed by atoms with Gasteiger partial charge in [0.05, 0.1) is 11.1 Å². The van der Waals surface area contributed by atoms with Gasteiger partial charge in [0.15, 0.2) is 4.83 Å². The minimum absolute atomic E-state index is 0.256. The molecule has 114 valence electrons. The number of aromatic nitrogens is 1. The van der Waals surface area contributed by atoms with E-state index in [4.69, 9.17) is 16.7 Å². The van der Waals surface area contributed by atoms with Crippen LogP contribution in [-0.4, -0.2) is 5.91 Å². The van der Waals surface area contributed by atoms with E-state index < -0.39 is 0 Å². The van der Waals surface area contributed by atoms with Crippen molar-refractivity contribution in [3.05, 3.63) is 46.3 Å². The molecule has 2 aromatic heterocycles. The van der Waals surface area contributed by atoms with Gasteiger partial charge in [-0.15, -0.1) is 0 Å². The van der Waals surface area contributed by atoms with Gasteiger partial charge < -0.3 is 11.1 Å². The van der Waals surface area contributed by atoms with Gasteiger partial charge in [-0.2, -0.15) is 5.26 Å². The Bertz CT molecular complexity index is 953. The average molecular weight is 324 g/mol. The number of rotatable bonds is 2. The van der Waals surface area contributed by atoms with Crippen molar-refractivity contribution >= 4 is 44.7 Å². The molecular weight excluding hydrogens is 310 g/mol. The highest BCUT2D eigenvalue weighted by atomic mass is 32.1. The number of nitrogens with zero attached hydrogens (tertiary/aromatic N) is 1. The van der Waals surface area contributed by atoms with Crippen LogP contribution < -0.4 is 21.8 Å². The monoisotopic (exact) mass is 324 g/mol. The molecule has 0 radical (unpaired) electrons. The van der Waals surface area contributed by atoms with E-state index in [9.17, 15) is 4.79 Å². The Morgan fingerprint density at radius 2 is 2.00 bits per heavy atom. The fourth-order valence-electron chi connectivity index (χ4n) is 2.19. The summed E-state index contributed by atoms with van der Waals surface area (Å²) in [4.78, 5) is 16.4. The van der Waals surface area contributed by atoms with Gasteiger partial charge >= 0.3 is 0 Å². The minimum atomic E-state index is -0.293. The summed E-state index contributed by atoms with van der Waals surface area (Å²) in [5.41, 5.74) is 14.3. The second-order valence-corrected chi connectivity index (χ2v) is 6.14. The van der Waals surface area contributed by atoms with Crippen LogP contribution in [0.4, 0.5) is 17.2 Å². The molecule has 3 rings (SSSR count). The third kappa shape index (κ3) is 2.67. The molecule has 0 atom stereocenters. The van der Waals surface area contributed by atoms with Crippen molar-refractivity contribution in [2.75, 3.05) is 16.8 Å². The molecule has 1 amide bonds. The van der Waals surface area contributed by atoms with Crippen LogP contribution in [-0.2, 0) is 0 Å². The second kappa shape index (κ2) is 5.59. The number of aromatic amines is 1. The molecule has 0 fully saturated rings. The molecule has 2 heterocycles. The van der Waals surface area contributed by atoms with Crippen LogP contribution in [0.1, 0.15) is 20.8 Å². The van der Waals surface area contributed by atoms with E-state index in [-0.39, 0.29) is 11.7 Å². The number of carbonyl (C=O) groups is 1. The van der Waals surface area contributed by atoms with Gasteiger partial charge in [0.2, 0.25) is 0 Å². The number of aryl methyl sites for hydroxylation is 1. The number of pyridine rings is 1. The number of nitrogens with one attached hydrogen (secondary N) is 2. The van der Waals surface area contributed by atoms with Crippen LogP contribution in [0.5, 0.6) is 0 Å². The van der Waals surface area contributed by atoms with Gasteiger partial charge in [-0.1, -0.05) is 29.0 Å². The van der Waals surface area contributed by atoms with E-state index in [0.29, 0.717) is 32.0 Å². The Hall–Kier alpha value is -3.11. The van der Waals surface area contributed by atoms with Crippen molar-refractivity contribution in [2.24, 2.45) is 0 Å². The van der Waals surface area contributed by atoms with E-state index in [1.54, 1.807) is 6.07 Å². The number of nitriles is 1. The van der Waals surface area contributed by atoms with Crippen molar-refractivity contribution in [3.8, 4) is 6.07 Å². The predicted octanol–water partition coefficient (Wildman–Crippen LogP) is 2.31. The summed E-state index contributed by atoms with van der Waals surface area (Å²) in [5, 5.41) is 12.5. The van der Waals surface area contributed by atoms with Crippen molar-refractivity contribution in [2.45, 2.75) is 6.92 Å². The van der Waals surface area contributed by atoms with Crippen molar-refractivity contribution in [1.29, 1.82) is 5.26 Å². The molecular formula is C16H14N5OS+. The number of thiophene rings is 1. The SMILES string of the molecule is Cc1ccc(NC(=O)c2sc3[nH+]c(N)c(C#N)cc3c2N)cc1. The van der Waals surface area contributed by atoms with Gasteiger partial charge in [0, 0.05) is 5.69 Å². The Balaban J connectivity index is 1.99. The molecule has 0 saturated carbocycles. The molecule has 0 unspecified atom stereocenters. The standard InChI is InChI=1S/C16H13N5OS/c1-8-2-4-10(5-3-8)20-15(22)13-12(18)11-6-9(7-17)14(19)21-16(11)23-13/h2-6H,18H2,1H3,(H2,19,21)(H,20,22)/p+1. The van der Waals surface area contributed by atoms with Crippen LogP contribution in [0.2, 0.25) is 0 Å². The van der Waals surface area contributed by atoms with Crippen molar-refractivity contribution in [1.82, 2.24) is 0 Å². The highest BCUT2D eigenvalue weighted by Crippen LogP contribution is 2.32. The first kappa shape index (κ1) is 14.8. The predicted molar refractivity (Wildman–Crippen MR) is 91.1 cm³/mol. The number of carbonyl (C=O) groups excluding carboxylic acids is 1. The number of nitrogens with two attached hydrogens (primary N) is 2. The minimum Gasteiger partial charge on any atom is -0.397 e. The third-order valence-corrected chi connectivity index (χ3v) is 4.58. The summed E-state index contributed by atoms with van der Waals surface area (Å²) in [6, 6.07) is 11.1. The normalized spacial score (nSPS) is 10.4. The van der Waals surface area contributed by atoms with E-state index in [2.05, 4.69) is 10.3 Å². The third-order valence-electron chi connectivity index (χ3n) is 3.45. The Labute approximate surface area is 136 Å². The van der Waals surface area contributed by atoms with Crippen molar-refractivity contribution in [3.63, 3.8) is 0 Å². The van der Waals surface area contributed by atoms with Gasteiger partial charge in [-0.3, -0.25) is 10.5 Å². The number of hydrogen-bond acceptors (Lipinski definition) is 5. The Morgan fingerprint density at radius 3 is 2.65 bits per heavy atom. The van der Waals surface area contributed by atoms with Crippen LogP contribution in [0.25, 0.3) is 10.2 Å². The van der Waals surface area contributed by atoms with Gasteiger partial charge in [0.25, 0.3) is 11.7 Å². The van der Waals surface area contributed by atoms with Gasteiger partial charge in [0.1, 0.15) is 16.5 Å². The van der Waals surface area contributed by atoms with Gasteiger partial charge in [-0.25, -0.2) is 4.98 Å². The summed E-state index contributed by atoms with van der Waals surface area (Å²) in [6.07, 6.45) is 0. The molecule has 0 bridgehead atoms. The molecule has 3 aromatic rings. The van der Waals surface area contributed by atoms with Crippen LogP contribution in [0.15, 0.2) is 30.3 Å². The number of nitrogen functional groups attached to an aromatic ring is 2. The van der Waals surface area contributed by atoms with E-state index in [1.807, 2.05) is 37.3 Å². The number of hydrogen-bond donors (Lipinski definition) is 3. The Morgan fingerprint density at radius 1 is 1.30 bits per heavy atom. The first-order chi connectivity index (χ1) is 11.0. The van der Waals surface area contributed by atoms with Crippen LogP contribution in [0.3, 0.4) is 0 Å². The molecule has 0 aliphatic heterocycles. The lowest BCUT2D eigenvalue weighted by atomic mass is 10.2. The molecule has 0 saturated heterocycles. The number of fused-ring (bicyclic) bond motifs is 1. The lowest BCUT2D eigenvalue weighted by Gasteiger charge is -2.04.